The van der Waals surface area contributed by atoms with Crippen LogP contribution in [0, 0.1) is 0 Å². The first-order valence-corrected chi connectivity index (χ1v) is 9.55. The number of hydrogen-bond acceptors (Lipinski definition) is 4. The average molecular weight is 378 g/mol. The van der Waals surface area contributed by atoms with E-state index < -0.39 is 0 Å². The number of nitrogens with one attached hydrogen (secondary N) is 2. The summed E-state index contributed by atoms with van der Waals surface area (Å²) in [6, 6.07) is 10.7. The number of hydrogen-bond donors (Lipinski definition) is 2. The highest BCUT2D eigenvalue weighted by molar-refractivity contribution is 7.17. The quantitative estimate of drug-likeness (QED) is 0.860. The van der Waals surface area contributed by atoms with Crippen LogP contribution in [0.5, 0.6) is 0 Å². The first kappa shape index (κ1) is 18.4. The molecule has 2 aliphatic rings. The lowest BCUT2D eigenvalue weighted by Gasteiger charge is -2.26. The van der Waals surface area contributed by atoms with Gasteiger partial charge in [-0.25, -0.2) is 0 Å². The van der Waals surface area contributed by atoms with Gasteiger partial charge < -0.3 is 10.6 Å². The van der Waals surface area contributed by atoms with Gasteiger partial charge in [0.2, 0.25) is 0 Å². The minimum atomic E-state index is 0. The number of carbonyl (C=O) groups excluding carboxylic acids is 1. The summed E-state index contributed by atoms with van der Waals surface area (Å²) in [5.74, 6) is 0.0713. The number of piperazine rings is 1. The SMILES string of the molecule is Cl.O=C(NCCN1CCNCC1)c1cc2c(s1)-c1ccccc1CC2. The predicted molar refractivity (Wildman–Crippen MR) is 106 cm³/mol. The van der Waals surface area contributed by atoms with Gasteiger partial charge in [-0.15, -0.1) is 23.7 Å². The Hall–Kier alpha value is -1.40. The lowest BCUT2D eigenvalue weighted by molar-refractivity contribution is 0.0951. The van der Waals surface area contributed by atoms with Crippen LogP contribution in [0.2, 0.25) is 0 Å². The fourth-order valence-corrected chi connectivity index (χ4v) is 4.72. The van der Waals surface area contributed by atoms with E-state index in [9.17, 15) is 4.79 Å². The second-order valence-corrected chi connectivity index (χ2v) is 7.52. The number of fused-ring (bicyclic) bond motifs is 3. The number of rotatable bonds is 4. The minimum Gasteiger partial charge on any atom is -0.350 e. The molecule has 0 saturated carbocycles. The summed E-state index contributed by atoms with van der Waals surface area (Å²) in [5, 5.41) is 6.44. The topological polar surface area (TPSA) is 44.4 Å². The van der Waals surface area contributed by atoms with E-state index >= 15 is 0 Å². The Balaban J connectivity index is 0.00000182. The van der Waals surface area contributed by atoms with Gasteiger partial charge in [-0.1, -0.05) is 24.3 Å². The van der Waals surface area contributed by atoms with Crippen molar-refractivity contribution in [3.05, 3.63) is 46.3 Å². The molecule has 0 unspecified atom stereocenters. The fourth-order valence-electron chi connectivity index (χ4n) is 3.53. The van der Waals surface area contributed by atoms with Gasteiger partial charge in [0.15, 0.2) is 0 Å². The van der Waals surface area contributed by atoms with Crippen LogP contribution in [0.4, 0.5) is 0 Å². The molecule has 1 amide bonds. The van der Waals surface area contributed by atoms with Crippen molar-refractivity contribution in [1.82, 2.24) is 15.5 Å². The third-order valence-corrected chi connectivity index (χ3v) is 6.09. The van der Waals surface area contributed by atoms with Crippen molar-refractivity contribution in [3.63, 3.8) is 0 Å². The zero-order chi connectivity index (χ0) is 16.4. The minimum absolute atomic E-state index is 0. The van der Waals surface area contributed by atoms with Crippen LogP contribution in [0.3, 0.4) is 0 Å². The normalized spacial score (nSPS) is 16.5. The molecule has 6 heteroatoms. The first-order chi connectivity index (χ1) is 11.8. The maximum Gasteiger partial charge on any atom is 0.261 e. The van der Waals surface area contributed by atoms with Crippen molar-refractivity contribution in [2.75, 3.05) is 39.3 Å². The third-order valence-electron chi connectivity index (χ3n) is 4.88. The van der Waals surface area contributed by atoms with Gasteiger partial charge in [-0.05, 0) is 35.6 Å². The number of carbonyl (C=O) groups is 1. The molecule has 1 fully saturated rings. The molecule has 1 saturated heterocycles. The van der Waals surface area contributed by atoms with Crippen LogP contribution < -0.4 is 10.6 Å². The average Bonchev–Trinajstić information content (AvgIpc) is 3.07. The smallest absolute Gasteiger partial charge is 0.261 e. The molecular formula is C19H24ClN3OS. The predicted octanol–water partition coefficient (Wildman–Crippen LogP) is 2.57. The highest BCUT2D eigenvalue weighted by atomic mass is 35.5. The van der Waals surface area contributed by atoms with Gasteiger partial charge in [-0.2, -0.15) is 0 Å². The lowest BCUT2D eigenvalue weighted by Crippen LogP contribution is -2.46. The molecule has 0 spiro atoms. The van der Waals surface area contributed by atoms with E-state index in [1.54, 1.807) is 11.3 Å². The second kappa shape index (κ2) is 8.32. The number of nitrogens with zero attached hydrogens (tertiary/aromatic N) is 1. The summed E-state index contributed by atoms with van der Waals surface area (Å²) in [6.45, 7) is 5.88. The molecule has 1 aliphatic heterocycles. The molecule has 0 bridgehead atoms. The van der Waals surface area contributed by atoms with Crippen LogP contribution in [0.15, 0.2) is 30.3 Å². The van der Waals surface area contributed by atoms with Crippen molar-refractivity contribution in [1.29, 1.82) is 0 Å². The van der Waals surface area contributed by atoms with E-state index in [2.05, 4.69) is 45.9 Å². The van der Waals surface area contributed by atoms with Crippen LogP contribution in [0.25, 0.3) is 10.4 Å². The highest BCUT2D eigenvalue weighted by Crippen LogP contribution is 2.39. The number of amides is 1. The summed E-state index contributed by atoms with van der Waals surface area (Å²) in [4.78, 5) is 17.0. The first-order valence-electron chi connectivity index (χ1n) is 8.73. The lowest BCUT2D eigenvalue weighted by atomic mass is 9.91. The number of thiophene rings is 1. The molecule has 2 N–H and O–H groups in total. The Bertz CT molecular complexity index is 740. The Morgan fingerprint density at radius 3 is 2.76 bits per heavy atom. The molecule has 4 nitrogen and oxygen atoms in total. The molecule has 2 aromatic rings. The van der Waals surface area contributed by atoms with Crippen molar-refractivity contribution in [3.8, 4) is 10.4 Å². The van der Waals surface area contributed by atoms with E-state index in [0.29, 0.717) is 0 Å². The molecule has 0 radical (unpaired) electrons. The summed E-state index contributed by atoms with van der Waals surface area (Å²) in [7, 11) is 0. The Labute approximate surface area is 159 Å². The second-order valence-electron chi connectivity index (χ2n) is 6.47. The van der Waals surface area contributed by atoms with Gasteiger partial charge >= 0.3 is 0 Å². The van der Waals surface area contributed by atoms with E-state index in [0.717, 1.165) is 57.0 Å². The van der Waals surface area contributed by atoms with Crippen LogP contribution >= 0.6 is 23.7 Å². The van der Waals surface area contributed by atoms with E-state index in [4.69, 9.17) is 0 Å². The zero-order valence-corrected chi connectivity index (χ0v) is 15.8. The summed E-state index contributed by atoms with van der Waals surface area (Å²) < 4.78 is 0. The van der Waals surface area contributed by atoms with Gasteiger partial charge in [0, 0.05) is 44.1 Å². The highest BCUT2D eigenvalue weighted by Gasteiger charge is 2.21. The molecular weight excluding hydrogens is 354 g/mol. The third kappa shape index (κ3) is 4.06. The molecule has 25 heavy (non-hydrogen) atoms. The number of benzene rings is 1. The summed E-state index contributed by atoms with van der Waals surface area (Å²) in [5.41, 5.74) is 4.03. The number of halogens is 1. The van der Waals surface area contributed by atoms with E-state index in [1.165, 1.54) is 21.6 Å². The van der Waals surface area contributed by atoms with Crippen molar-refractivity contribution >= 4 is 29.7 Å². The van der Waals surface area contributed by atoms with Gasteiger partial charge in [-0.3, -0.25) is 9.69 Å². The van der Waals surface area contributed by atoms with Crippen molar-refractivity contribution in [2.45, 2.75) is 12.8 Å². The summed E-state index contributed by atoms with van der Waals surface area (Å²) >= 11 is 1.64. The van der Waals surface area contributed by atoms with Crippen molar-refractivity contribution < 1.29 is 4.79 Å². The fraction of sp³-hybridized carbons (Fsp3) is 0.421. The Morgan fingerprint density at radius 1 is 1.16 bits per heavy atom. The molecule has 1 aliphatic carbocycles. The Morgan fingerprint density at radius 2 is 1.92 bits per heavy atom. The maximum atomic E-state index is 12.5. The van der Waals surface area contributed by atoms with Gasteiger partial charge in [0.1, 0.15) is 0 Å². The molecule has 2 heterocycles. The van der Waals surface area contributed by atoms with Crippen molar-refractivity contribution in [2.24, 2.45) is 0 Å². The van der Waals surface area contributed by atoms with Crippen LogP contribution in [-0.2, 0) is 12.8 Å². The zero-order valence-electron chi connectivity index (χ0n) is 14.2. The molecule has 134 valence electrons. The van der Waals surface area contributed by atoms with Crippen LogP contribution in [0.1, 0.15) is 20.8 Å². The largest absolute Gasteiger partial charge is 0.350 e. The molecule has 4 rings (SSSR count). The summed E-state index contributed by atoms with van der Waals surface area (Å²) in [6.07, 6.45) is 2.11. The van der Waals surface area contributed by atoms with E-state index in [-0.39, 0.29) is 18.3 Å². The molecule has 1 aromatic carbocycles. The standard InChI is InChI=1S/C19H23N3OS.ClH/c23-19(21-9-12-22-10-7-20-8-11-22)17-13-15-6-5-14-3-1-2-4-16(14)18(15)24-17;/h1-4,13,20H,5-12H2,(H,21,23);1H. The molecule has 1 aromatic heterocycles. The maximum absolute atomic E-state index is 12.5. The monoisotopic (exact) mass is 377 g/mol. The number of aryl methyl sites for hydroxylation is 2. The van der Waals surface area contributed by atoms with E-state index in [1.807, 2.05) is 0 Å². The molecule has 0 atom stereocenters. The Kier molecular flexibility index (Phi) is 6.12. The van der Waals surface area contributed by atoms with Gasteiger partial charge in [0.05, 0.1) is 4.88 Å². The van der Waals surface area contributed by atoms with Gasteiger partial charge in [0.25, 0.3) is 5.91 Å². The van der Waals surface area contributed by atoms with Crippen LogP contribution in [-0.4, -0.2) is 50.1 Å².